The summed E-state index contributed by atoms with van der Waals surface area (Å²) in [6, 6.07) is 3.66. The van der Waals surface area contributed by atoms with Gasteiger partial charge in [-0.05, 0) is 45.7 Å². The van der Waals surface area contributed by atoms with E-state index in [2.05, 4.69) is 0 Å². The molecule has 128 valence electrons. The second-order valence-corrected chi connectivity index (χ2v) is 6.86. The SMILES string of the molecule is CC(C)(C)OC(=O)N1CCC[C@H](COc2ccc(F)cc2O)C1. The van der Waals surface area contributed by atoms with Crippen molar-refractivity contribution in [2.45, 2.75) is 39.2 Å². The van der Waals surface area contributed by atoms with Crippen molar-refractivity contribution in [2.24, 2.45) is 5.92 Å². The smallest absolute Gasteiger partial charge is 0.410 e. The summed E-state index contributed by atoms with van der Waals surface area (Å²) >= 11 is 0. The average Bonchev–Trinajstić information content (AvgIpc) is 2.45. The number of hydrogen-bond acceptors (Lipinski definition) is 4. The van der Waals surface area contributed by atoms with Crippen molar-refractivity contribution >= 4 is 6.09 Å². The molecule has 0 aromatic heterocycles. The molecule has 1 N–H and O–H groups in total. The fourth-order valence-electron chi connectivity index (χ4n) is 2.51. The van der Waals surface area contributed by atoms with E-state index < -0.39 is 11.4 Å². The Morgan fingerprint density at radius 2 is 2.17 bits per heavy atom. The molecule has 2 rings (SSSR count). The van der Waals surface area contributed by atoms with E-state index in [1.165, 1.54) is 12.1 Å². The molecule has 1 heterocycles. The average molecular weight is 325 g/mol. The van der Waals surface area contributed by atoms with Crippen LogP contribution in [0.1, 0.15) is 33.6 Å². The second-order valence-electron chi connectivity index (χ2n) is 6.86. The van der Waals surface area contributed by atoms with Crippen LogP contribution in [-0.2, 0) is 4.74 Å². The summed E-state index contributed by atoms with van der Waals surface area (Å²) in [5.74, 6) is -0.324. The summed E-state index contributed by atoms with van der Waals surface area (Å²) < 4.78 is 23.9. The van der Waals surface area contributed by atoms with Gasteiger partial charge in [-0.3, -0.25) is 0 Å². The van der Waals surface area contributed by atoms with Gasteiger partial charge >= 0.3 is 6.09 Å². The van der Waals surface area contributed by atoms with Gasteiger partial charge in [0.05, 0.1) is 6.61 Å². The van der Waals surface area contributed by atoms with E-state index in [-0.39, 0.29) is 23.5 Å². The number of aromatic hydroxyl groups is 1. The first kappa shape index (κ1) is 17.4. The van der Waals surface area contributed by atoms with Crippen LogP contribution in [0.4, 0.5) is 9.18 Å². The third-order valence-electron chi connectivity index (χ3n) is 3.57. The summed E-state index contributed by atoms with van der Waals surface area (Å²) in [5.41, 5.74) is -0.513. The number of benzene rings is 1. The van der Waals surface area contributed by atoms with Crippen LogP contribution in [0.25, 0.3) is 0 Å². The molecule has 1 aromatic rings. The predicted octanol–water partition coefficient (Wildman–Crippen LogP) is 3.56. The van der Waals surface area contributed by atoms with Crippen LogP contribution < -0.4 is 4.74 Å². The number of halogens is 1. The topological polar surface area (TPSA) is 59.0 Å². The molecule has 1 aliphatic heterocycles. The van der Waals surface area contributed by atoms with E-state index in [1.54, 1.807) is 4.90 Å². The van der Waals surface area contributed by atoms with Gasteiger partial charge in [-0.1, -0.05) is 0 Å². The summed E-state index contributed by atoms with van der Waals surface area (Å²) in [6.45, 7) is 7.11. The molecular formula is C17H24FNO4. The Kier molecular flexibility index (Phi) is 5.34. The number of phenols is 1. The lowest BCUT2D eigenvalue weighted by Crippen LogP contribution is -2.44. The molecule has 0 spiro atoms. The maximum atomic E-state index is 12.9. The highest BCUT2D eigenvalue weighted by Crippen LogP contribution is 2.28. The van der Waals surface area contributed by atoms with Gasteiger partial charge in [0.2, 0.25) is 0 Å². The molecule has 0 aliphatic carbocycles. The van der Waals surface area contributed by atoms with E-state index >= 15 is 0 Å². The highest BCUT2D eigenvalue weighted by molar-refractivity contribution is 5.68. The minimum Gasteiger partial charge on any atom is -0.504 e. The highest BCUT2D eigenvalue weighted by atomic mass is 19.1. The first-order valence-corrected chi connectivity index (χ1v) is 7.84. The van der Waals surface area contributed by atoms with Crippen molar-refractivity contribution < 1.29 is 23.8 Å². The van der Waals surface area contributed by atoms with Crippen molar-refractivity contribution in [3.63, 3.8) is 0 Å². The largest absolute Gasteiger partial charge is 0.504 e. The number of carbonyl (C=O) groups is 1. The Morgan fingerprint density at radius 3 is 2.83 bits per heavy atom. The number of piperidine rings is 1. The van der Waals surface area contributed by atoms with E-state index in [0.29, 0.717) is 19.7 Å². The van der Waals surface area contributed by atoms with Gasteiger partial charge < -0.3 is 19.5 Å². The first-order chi connectivity index (χ1) is 10.7. The molecule has 0 bridgehead atoms. The zero-order valence-corrected chi connectivity index (χ0v) is 13.8. The van der Waals surface area contributed by atoms with E-state index in [9.17, 15) is 14.3 Å². The van der Waals surface area contributed by atoms with E-state index in [4.69, 9.17) is 9.47 Å². The van der Waals surface area contributed by atoms with Crippen molar-refractivity contribution in [2.75, 3.05) is 19.7 Å². The molecule has 6 heteroatoms. The van der Waals surface area contributed by atoms with Crippen molar-refractivity contribution in [3.8, 4) is 11.5 Å². The van der Waals surface area contributed by atoms with Crippen LogP contribution in [0.5, 0.6) is 11.5 Å². The number of ether oxygens (including phenoxy) is 2. The number of amides is 1. The maximum Gasteiger partial charge on any atom is 0.410 e. The van der Waals surface area contributed by atoms with Gasteiger partial charge in [0, 0.05) is 25.1 Å². The molecule has 1 saturated heterocycles. The van der Waals surface area contributed by atoms with Crippen LogP contribution in [0.3, 0.4) is 0 Å². The predicted molar refractivity (Wildman–Crippen MR) is 84.1 cm³/mol. The lowest BCUT2D eigenvalue weighted by Gasteiger charge is -2.34. The van der Waals surface area contributed by atoms with Crippen LogP contribution in [0, 0.1) is 11.7 Å². The Labute approximate surface area is 136 Å². The molecule has 1 aliphatic rings. The number of likely N-dealkylation sites (tertiary alicyclic amines) is 1. The maximum absolute atomic E-state index is 12.9. The summed E-state index contributed by atoms with van der Waals surface area (Å²) in [6.07, 6.45) is 1.50. The van der Waals surface area contributed by atoms with Gasteiger partial charge in [0.25, 0.3) is 0 Å². The molecule has 0 unspecified atom stereocenters. The van der Waals surface area contributed by atoms with Gasteiger partial charge in [0.15, 0.2) is 11.5 Å². The molecule has 0 radical (unpaired) electrons. The first-order valence-electron chi connectivity index (χ1n) is 7.84. The van der Waals surface area contributed by atoms with E-state index in [1.807, 2.05) is 20.8 Å². The third-order valence-corrected chi connectivity index (χ3v) is 3.57. The molecule has 5 nitrogen and oxygen atoms in total. The Bertz CT molecular complexity index is 556. The lowest BCUT2D eigenvalue weighted by atomic mass is 9.99. The number of carbonyl (C=O) groups excluding carboxylic acids is 1. The minimum atomic E-state index is -0.513. The fraction of sp³-hybridized carbons (Fsp3) is 0.588. The number of nitrogens with zero attached hydrogens (tertiary/aromatic N) is 1. The van der Waals surface area contributed by atoms with Gasteiger partial charge in [-0.25, -0.2) is 9.18 Å². The number of phenolic OH excluding ortho intramolecular Hbond substituents is 1. The molecule has 1 atom stereocenters. The third kappa shape index (κ3) is 5.30. The standard InChI is InChI=1S/C17H24FNO4/c1-17(2,3)23-16(21)19-8-4-5-12(10-19)11-22-15-7-6-13(18)9-14(15)20/h6-7,9,12,20H,4-5,8,10-11H2,1-3H3/t12-/m0/s1. The highest BCUT2D eigenvalue weighted by Gasteiger charge is 2.28. The second kappa shape index (κ2) is 7.06. The normalized spacial score (nSPS) is 18.6. The molecule has 1 aromatic carbocycles. The summed E-state index contributed by atoms with van der Waals surface area (Å²) in [4.78, 5) is 13.8. The monoisotopic (exact) mass is 325 g/mol. The fourth-order valence-corrected chi connectivity index (χ4v) is 2.51. The molecular weight excluding hydrogens is 301 g/mol. The molecule has 0 saturated carbocycles. The van der Waals surface area contributed by atoms with Crippen LogP contribution in [0.2, 0.25) is 0 Å². The van der Waals surface area contributed by atoms with Crippen molar-refractivity contribution in [3.05, 3.63) is 24.0 Å². The Morgan fingerprint density at radius 1 is 1.43 bits per heavy atom. The number of hydrogen-bond donors (Lipinski definition) is 1. The molecule has 1 amide bonds. The Balaban J connectivity index is 1.87. The minimum absolute atomic E-state index is 0.153. The summed E-state index contributed by atoms with van der Waals surface area (Å²) in [5, 5.41) is 9.64. The molecule has 23 heavy (non-hydrogen) atoms. The van der Waals surface area contributed by atoms with Crippen molar-refractivity contribution in [1.82, 2.24) is 4.90 Å². The lowest BCUT2D eigenvalue weighted by molar-refractivity contribution is 0.0138. The quantitative estimate of drug-likeness (QED) is 0.923. The Hall–Kier alpha value is -1.98. The van der Waals surface area contributed by atoms with Crippen LogP contribution in [0.15, 0.2) is 18.2 Å². The van der Waals surface area contributed by atoms with Crippen LogP contribution >= 0.6 is 0 Å². The van der Waals surface area contributed by atoms with Gasteiger partial charge in [0.1, 0.15) is 11.4 Å². The van der Waals surface area contributed by atoms with Gasteiger partial charge in [-0.15, -0.1) is 0 Å². The van der Waals surface area contributed by atoms with E-state index in [0.717, 1.165) is 18.9 Å². The van der Waals surface area contributed by atoms with Crippen molar-refractivity contribution in [1.29, 1.82) is 0 Å². The van der Waals surface area contributed by atoms with Gasteiger partial charge in [-0.2, -0.15) is 0 Å². The number of rotatable bonds is 3. The summed E-state index contributed by atoms with van der Waals surface area (Å²) in [7, 11) is 0. The molecule has 1 fully saturated rings. The zero-order chi connectivity index (χ0) is 17.0. The zero-order valence-electron chi connectivity index (χ0n) is 13.8. The van der Waals surface area contributed by atoms with Crippen LogP contribution in [-0.4, -0.2) is 41.4 Å².